The highest BCUT2D eigenvalue weighted by molar-refractivity contribution is 6.30. The molecule has 0 saturated carbocycles. The average Bonchev–Trinajstić information content (AvgIpc) is 2.44. The zero-order valence-corrected chi connectivity index (χ0v) is 12.5. The maximum absolute atomic E-state index is 12.8. The van der Waals surface area contributed by atoms with Crippen LogP contribution in [0.5, 0.6) is 0 Å². The zero-order chi connectivity index (χ0) is 15.2. The first-order valence-corrected chi connectivity index (χ1v) is 7.02. The molecule has 1 unspecified atom stereocenters. The van der Waals surface area contributed by atoms with Gasteiger partial charge in [-0.3, -0.25) is 4.79 Å². The standard InChI is InChI=1S/C16H16ClFN2O/c1-20(10-12-2-6-14(18)7-3-12)11-16(21)19-15-8-4-13(17)5-9-15/h2-9H,10-11H2,1H3,(H,19,21)/p+1. The fourth-order valence-corrected chi connectivity index (χ4v) is 2.15. The molecule has 1 amide bonds. The van der Waals surface area contributed by atoms with Gasteiger partial charge in [-0.05, 0) is 36.4 Å². The Kier molecular flexibility index (Phi) is 5.31. The number of halogens is 2. The number of anilines is 1. The van der Waals surface area contributed by atoms with E-state index in [2.05, 4.69) is 5.32 Å². The molecule has 110 valence electrons. The van der Waals surface area contributed by atoms with Crippen molar-refractivity contribution in [2.24, 2.45) is 0 Å². The third-order valence-corrected chi connectivity index (χ3v) is 3.26. The van der Waals surface area contributed by atoms with E-state index in [9.17, 15) is 9.18 Å². The van der Waals surface area contributed by atoms with Crippen molar-refractivity contribution in [2.75, 3.05) is 18.9 Å². The van der Waals surface area contributed by atoms with E-state index in [4.69, 9.17) is 11.6 Å². The van der Waals surface area contributed by atoms with E-state index < -0.39 is 0 Å². The SMILES string of the molecule is C[NH+](CC(=O)Nc1ccc(Cl)cc1)Cc1ccc(F)cc1. The average molecular weight is 308 g/mol. The second-order valence-electron chi connectivity index (χ2n) is 4.99. The molecular formula is C16H17ClFN2O+. The van der Waals surface area contributed by atoms with E-state index in [0.29, 0.717) is 18.1 Å². The molecule has 0 aliphatic carbocycles. The molecule has 0 saturated heterocycles. The van der Waals surface area contributed by atoms with Crippen molar-refractivity contribution < 1.29 is 14.1 Å². The molecule has 0 aliphatic rings. The molecular weight excluding hydrogens is 291 g/mol. The highest BCUT2D eigenvalue weighted by Gasteiger charge is 2.11. The number of carbonyl (C=O) groups is 1. The molecule has 1 atom stereocenters. The van der Waals surface area contributed by atoms with Crippen molar-refractivity contribution in [1.29, 1.82) is 0 Å². The minimum atomic E-state index is -0.253. The van der Waals surface area contributed by atoms with Crippen LogP contribution in [-0.2, 0) is 11.3 Å². The van der Waals surface area contributed by atoms with Crippen LogP contribution in [0, 0.1) is 5.82 Å². The lowest BCUT2D eigenvalue weighted by Crippen LogP contribution is -3.08. The Labute approximate surface area is 128 Å². The van der Waals surface area contributed by atoms with Crippen molar-refractivity contribution in [3.8, 4) is 0 Å². The molecule has 0 spiro atoms. The number of likely N-dealkylation sites (N-methyl/N-ethyl adjacent to an activating group) is 1. The van der Waals surface area contributed by atoms with Gasteiger partial charge in [0, 0.05) is 16.3 Å². The van der Waals surface area contributed by atoms with E-state index in [0.717, 1.165) is 16.2 Å². The van der Waals surface area contributed by atoms with Gasteiger partial charge in [0.15, 0.2) is 6.54 Å². The van der Waals surface area contributed by atoms with Gasteiger partial charge in [-0.15, -0.1) is 0 Å². The van der Waals surface area contributed by atoms with Crippen LogP contribution < -0.4 is 10.2 Å². The minimum absolute atomic E-state index is 0.0723. The summed E-state index contributed by atoms with van der Waals surface area (Å²) in [5, 5.41) is 3.45. The summed E-state index contributed by atoms with van der Waals surface area (Å²) < 4.78 is 12.8. The van der Waals surface area contributed by atoms with Gasteiger partial charge < -0.3 is 10.2 Å². The Balaban J connectivity index is 1.84. The van der Waals surface area contributed by atoms with Gasteiger partial charge in [0.25, 0.3) is 5.91 Å². The Morgan fingerprint density at radius 3 is 2.38 bits per heavy atom. The fraction of sp³-hybridized carbons (Fsp3) is 0.188. The van der Waals surface area contributed by atoms with E-state index in [-0.39, 0.29) is 11.7 Å². The summed E-state index contributed by atoms with van der Waals surface area (Å²) in [6, 6.07) is 13.3. The summed E-state index contributed by atoms with van der Waals surface area (Å²) in [4.78, 5) is 12.9. The van der Waals surface area contributed by atoms with E-state index in [1.54, 1.807) is 36.4 Å². The summed E-state index contributed by atoms with van der Waals surface area (Å²) in [6.45, 7) is 0.994. The highest BCUT2D eigenvalue weighted by atomic mass is 35.5. The molecule has 0 aromatic heterocycles. The predicted molar refractivity (Wildman–Crippen MR) is 81.9 cm³/mol. The van der Waals surface area contributed by atoms with Gasteiger partial charge in [0.2, 0.25) is 0 Å². The van der Waals surface area contributed by atoms with Crippen molar-refractivity contribution in [1.82, 2.24) is 0 Å². The summed E-state index contributed by atoms with van der Waals surface area (Å²) in [6.07, 6.45) is 0. The largest absolute Gasteiger partial charge is 0.326 e. The number of benzene rings is 2. The van der Waals surface area contributed by atoms with Crippen LogP contribution in [-0.4, -0.2) is 19.5 Å². The van der Waals surface area contributed by atoms with Crippen molar-refractivity contribution in [3.63, 3.8) is 0 Å². The monoisotopic (exact) mass is 307 g/mol. The summed E-state index contributed by atoms with van der Waals surface area (Å²) in [7, 11) is 1.92. The predicted octanol–water partition coefficient (Wildman–Crippen LogP) is 2.13. The van der Waals surface area contributed by atoms with E-state index in [1.807, 2.05) is 7.05 Å². The summed E-state index contributed by atoms with van der Waals surface area (Å²) >= 11 is 5.79. The Morgan fingerprint density at radius 1 is 1.14 bits per heavy atom. The second kappa shape index (κ2) is 7.20. The van der Waals surface area contributed by atoms with Crippen LogP contribution in [0.25, 0.3) is 0 Å². The first-order valence-electron chi connectivity index (χ1n) is 6.64. The Bertz CT molecular complexity index is 599. The second-order valence-corrected chi connectivity index (χ2v) is 5.43. The van der Waals surface area contributed by atoms with Crippen LogP contribution in [0.4, 0.5) is 10.1 Å². The molecule has 0 radical (unpaired) electrons. The van der Waals surface area contributed by atoms with Crippen molar-refractivity contribution in [3.05, 3.63) is 64.9 Å². The molecule has 0 aliphatic heterocycles. The molecule has 2 aromatic rings. The Morgan fingerprint density at radius 2 is 1.76 bits per heavy atom. The molecule has 5 heteroatoms. The highest BCUT2D eigenvalue weighted by Crippen LogP contribution is 2.12. The van der Waals surface area contributed by atoms with Gasteiger partial charge in [0.1, 0.15) is 12.4 Å². The number of carbonyl (C=O) groups excluding carboxylic acids is 1. The van der Waals surface area contributed by atoms with Gasteiger partial charge in [-0.2, -0.15) is 0 Å². The quantitative estimate of drug-likeness (QED) is 0.872. The fourth-order valence-electron chi connectivity index (χ4n) is 2.03. The topological polar surface area (TPSA) is 33.5 Å². The van der Waals surface area contributed by atoms with Crippen molar-refractivity contribution in [2.45, 2.75) is 6.54 Å². The lowest BCUT2D eigenvalue weighted by Gasteiger charge is -2.14. The zero-order valence-electron chi connectivity index (χ0n) is 11.7. The van der Waals surface area contributed by atoms with Crippen LogP contribution in [0.1, 0.15) is 5.56 Å². The van der Waals surface area contributed by atoms with Crippen LogP contribution in [0.3, 0.4) is 0 Å². The molecule has 2 rings (SSSR count). The molecule has 0 fully saturated rings. The molecule has 2 aromatic carbocycles. The first kappa shape index (κ1) is 15.5. The molecule has 0 bridgehead atoms. The van der Waals surface area contributed by atoms with Gasteiger partial charge >= 0.3 is 0 Å². The summed E-state index contributed by atoms with van der Waals surface area (Å²) in [5.74, 6) is -0.325. The Hall–Kier alpha value is -1.91. The van der Waals surface area contributed by atoms with Crippen molar-refractivity contribution >= 4 is 23.2 Å². The normalized spacial score (nSPS) is 12.0. The number of quaternary nitrogens is 1. The van der Waals surface area contributed by atoms with Gasteiger partial charge in [-0.1, -0.05) is 23.7 Å². The third-order valence-electron chi connectivity index (χ3n) is 3.01. The maximum atomic E-state index is 12.8. The number of hydrogen-bond acceptors (Lipinski definition) is 1. The smallest absolute Gasteiger partial charge is 0.279 e. The molecule has 2 N–H and O–H groups in total. The number of amides is 1. The van der Waals surface area contributed by atoms with Crippen LogP contribution in [0.2, 0.25) is 5.02 Å². The number of rotatable bonds is 5. The lowest BCUT2D eigenvalue weighted by atomic mass is 10.2. The first-order chi connectivity index (χ1) is 10.0. The number of nitrogens with one attached hydrogen (secondary N) is 2. The molecule has 0 heterocycles. The minimum Gasteiger partial charge on any atom is -0.326 e. The molecule has 3 nitrogen and oxygen atoms in total. The van der Waals surface area contributed by atoms with Crippen LogP contribution >= 0.6 is 11.6 Å². The lowest BCUT2D eigenvalue weighted by molar-refractivity contribution is -0.885. The van der Waals surface area contributed by atoms with Gasteiger partial charge in [0.05, 0.1) is 7.05 Å². The number of hydrogen-bond donors (Lipinski definition) is 2. The molecule has 21 heavy (non-hydrogen) atoms. The summed E-state index contributed by atoms with van der Waals surface area (Å²) in [5.41, 5.74) is 1.71. The van der Waals surface area contributed by atoms with Gasteiger partial charge in [-0.25, -0.2) is 4.39 Å². The van der Waals surface area contributed by atoms with E-state index in [1.165, 1.54) is 12.1 Å². The maximum Gasteiger partial charge on any atom is 0.279 e. The third kappa shape index (κ3) is 5.17. The van der Waals surface area contributed by atoms with Crippen LogP contribution in [0.15, 0.2) is 48.5 Å². The van der Waals surface area contributed by atoms with E-state index >= 15 is 0 Å².